The van der Waals surface area contributed by atoms with E-state index in [0.29, 0.717) is 25.5 Å². The molecule has 176 valence electrons. The third-order valence-electron chi connectivity index (χ3n) is 3.38. The van der Waals surface area contributed by atoms with Gasteiger partial charge in [-0.3, -0.25) is 0 Å². The predicted octanol–water partition coefficient (Wildman–Crippen LogP) is 11.1. The molecular formula is C24H54Br2Ge3. The fourth-order valence-electron chi connectivity index (χ4n) is 3.38. The van der Waals surface area contributed by atoms with Crippen LogP contribution in [0.5, 0.6) is 0 Å². The van der Waals surface area contributed by atoms with Crippen molar-refractivity contribution in [2.75, 3.05) is 0 Å². The summed E-state index contributed by atoms with van der Waals surface area (Å²) in [5.74, 6) is 0. The Morgan fingerprint density at radius 1 is 0.379 bits per heavy atom. The van der Waals surface area contributed by atoms with E-state index >= 15 is 0 Å². The molecule has 0 spiro atoms. The number of rotatable bonds is 0. The molecule has 0 atom stereocenters. The Balaban J connectivity index is -0.000000350. The zero-order valence-electron chi connectivity index (χ0n) is 23.3. The molecule has 0 nitrogen and oxygen atoms in total. The predicted molar refractivity (Wildman–Crippen MR) is 153 cm³/mol. The average molecular weight is 720 g/mol. The van der Waals surface area contributed by atoms with Crippen LogP contribution in [0.3, 0.4) is 0 Å². The summed E-state index contributed by atoms with van der Waals surface area (Å²) in [5, 5.41) is 0. The molecule has 0 rings (SSSR count). The zero-order chi connectivity index (χ0) is 24.9. The van der Waals surface area contributed by atoms with E-state index in [1.807, 2.05) is 0 Å². The Morgan fingerprint density at radius 2 is 0.517 bits per heavy atom. The summed E-state index contributed by atoms with van der Waals surface area (Å²) < 4.78 is 3.32. The first-order chi connectivity index (χ1) is 12.0. The van der Waals surface area contributed by atoms with Crippen LogP contribution >= 0.6 is 28.0 Å². The monoisotopic (exact) mass is 722 g/mol. The third kappa shape index (κ3) is 23.5. The summed E-state index contributed by atoms with van der Waals surface area (Å²) in [6.45, 7) is 42.1. The van der Waals surface area contributed by atoms with Gasteiger partial charge in [-0.1, -0.05) is 0 Å². The topological polar surface area (TPSA) is 0 Å². The second kappa shape index (κ2) is 12.9. The van der Waals surface area contributed by atoms with Crippen LogP contribution in [0.15, 0.2) is 0 Å². The van der Waals surface area contributed by atoms with Crippen LogP contribution in [-0.4, -0.2) is 40.4 Å². The summed E-state index contributed by atoms with van der Waals surface area (Å²) in [4.78, 5) is 0. The van der Waals surface area contributed by atoms with Gasteiger partial charge in [0.25, 0.3) is 0 Å². The summed E-state index contributed by atoms with van der Waals surface area (Å²) in [6.07, 6.45) is 0. The molecule has 0 amide bonds. The summed E-state index contributed by atoms with van der Waals surface area (Å²) in [6, 6.07) is 0. The summed E-state index contributed by atoms with van der Waals surface area (Å²) >= 11 is 5.91. The molecule has 0 N–H and O–H groups in total. The maximum absolute atomic E-state index is 3.89. The molecule has 0 saturated carbocycles. The van der Waals surface area contributed by atoms with Gasteiger partial charge >= 0.3 is 219 Å². The van der Waals surface area contributed by atoms with Crippen LogP contribution < -0.4 is 0 Å². The van der Waals surface area contributed by atoms with E-state index in [4.69, 9.17) is 0 Å². The van der Waals surface area contributed by atoms with Gasteiger partial charge in [-0.15, -0.1) is 0 Å². The molecule has 0 fully saturated rings. The molecule has 0 unspecified atom stereocenters. The third-order valence-corrected chi connectivity index (χ3v) is 42.3. The number of halogens is 2. The molecule has 0 heterocycles. The van der Waals surface area contributed by atoms with Crippen LogP contribution in [0.4, 0.5) is 0 Å². The van der Waals surface area contributed by atoms with Crippen LogP contribution in [-0.2, 0) is 0 Å². The summed E-state index contributed by atoms with van der Waals surface area (Å²) in [5.41, 5.74) is 0. The van der Waals surface area contributed by atoms with Crippen LogP contribution in [0.2, 0.25) is 25.5 Å². The van der Waals surface area contributed by atoms with E-state index in [1.54, 1.807) is 0 Å². The van der Waals surface area contributed by atoms with Crippen LogP contribution in [0, 0.1) is 0 Å². The molecule has 0 aromatic carbocycles. The SMILES string of the molecule is C[C](C)(C)[Ge]([Br])[C](C)(C)C.C[C](C)(C)[Ge]([Br])[C](C)(C)C.C[C](C)(C)[Ge][C](C)(C)C. The quantitative estimate of drug-likeness (QED) is 0.219. The Hall–Kier alpha value is 2.59. The fourth-order valence-corrected chi connectivity index (χ4v) is 17.5. The van der Waals surface area contributed by atoms with Gasteiger partial charge < -0.3 is 0 Å². The molecule has 4 radical (unpaired) electrons. The Morgan fingerprint density at radius 3 is 0.517 bits per heavy atom. The van der Waals surface area contributed by atoms with Crippen molar-refractivity contribution in [1.82, 2.24) is 0 Å². The van der Waals surface area contributed by atoms with Crippen molar-refractivity contribution >= 4 is 68.5 Å². The molecule has 5 heteroatoms. The van der Waals surface area contributed by atoms with E-state index in [-0.39, 0.29) is 15.4 Å². The van der Waals surface area contributed by atoms with Crippen molar-refractivity contribution in [1.29, 1.82) is 0 Å². The van der Waals surface area contributed by atoms with Gasteiger partial charge in [-0.2, -0.15) is 0 Å². The molecular weight excluding hydrogens is 666 g/mol. The number of hydrogen-bond acceptors (Lipinski definition) is 0. The standard InChI is InChI=1S/2C8H18BrGe.C8H18Ge/c2*1-7(2,3)10(9)8(4,5)6;1-7(2,3)9-8(4,5)6/h2*1-6H3;1-6H3. The van der Waals surface area contributed by atoms with Gasteiger partial charge in [0.15, 0.2) is 0 Å². The first kappa shape index (κ1) is 36.2. The Labute approximate surface area is 216 Å². The molecule has 0 aliphatic heterocycles. The van der Waals surface area contributed by atoms with E-state index < -0.39 is 25.0 Å². The molecule has 0 bridgehead atoms. The van der Waals surface area contributed by atoms with E-state index in [2.05, 4.69) is 153 Å². The van der Waals surface area contributed by atoms with Crippen LogP contribution in [0.25, 0.3) is 0 Å². The van der Waals surface area contributed by atoms with Crippen molar-refractivity contribution in [2.45, 2.75) is 150 Å². The molecule has 29 heavy (non-hydrogen) atoms. The van der Waals surface area contributed by atoms with Gasteiger partial charge in [-0.05, 0) is 0 Å². The molecule has 0 aliphatic rings. The van der Waals surface area contributed by atoms with E-state index in [1.165, 1.54) is 0 Å². The van der Waals surface area contributed by atoms with Gasteiger partial charge in [0.05, 0.1) is 0 Å². The molecule has 0 aliphatic carbocycles. The number of hydrogen-bond donors (Lipinski definition) is 0. The van der Waals surface area contributed by atoms with Crippen LogP contribution in [0.1, 0.15) is 125 Å². The van der Waals surface area contributed by atoms with Gasteiger partial charge in [0.2, 0.25) is 0 Å². The van der Waals surface area contributed by atoms with E-state index in [0.717, 1.165) is 0 Å². The zero-order valence-corrected chi connectivity index (χ0v) is 32.7. The van der Waals surface area contributed by atoms with E-state index in [9.17, 15) is 0 Å². The minimum atomic E-state index is -1.03. The van der Waals surface area contributed by atoms with Crippen molar-refractivity contribution in [2.24, 2.45) is 0 Å². The van der Waals surface area contributed by atoms with Crippen molar-refractivity contribution in [3.05, 3.63) is 0 Å². The van der Waals surface area contributed by atoms with Gasteiger partial charge in [-0.25, -0.2) is 0 Å². The first-order valence-corrected chi connectivity index (χ1v) is 27.0. The Kier molecular flexibility index (Phi) is 16.1. The molecule has 0 aromatic rings. The van der Waals surface area contributed by atoms with Gasteiger partial charge in [0, 0.05) is 0 Å². The van der Waals surface area contributed by atoms with Crippen molar-refractivity contribution in [3.8, 4) is 0 Å². The summed E-state index contributed by atoms with van der Waals surface area (Å²) in [7, 11) is 0. The fraction of sp³-hybridized carbons (Fsp3) is 1.00. The van der Waals surface area contributed by atoms with Gasteiger partial charge in [0.1, 0.15) is 0 Å². The molecule has 0 saturated heterocycles. The minimum absolute atomic E-state index is 0.208. The van der Waals surface area contributed by atoms with Crippen molar-refractivity contribution in [3.63, 3.8) is 0 Å². The Bertz CT molecular complexity index is 364. The average Bonchev–Trinajstić information content (AvgIpc) is 2.29. The first-order valence-electron chi connectivity index (χ1n) is 10.9. The normalized spacial score (nSPS) is 14.3. The molecule has 0 aromatic heterocycles. The second-order valence-corrected chi connectivity index (χ2v) is 44.5. The van der Waals surface area contributed by atoms with Crippen molar-refractivity contribution < 1.29 is 0 Å². The maximum atomic E-state index is 3.89. The second-order valence-electron chi connectivity index (χ2n) is 14.3.